The van der Waals surface area contributed by atoms with Crippen LogP contribution in [0.5, 0.6) is 0 Å². The molecule has 196 valence electrons. The highest BCUT2D eigenvalue weighted by atomic mass is 32.1. The Morgan fingerprint density at radius 3 is 1.93 bits per heavy atom. The molecule has 0 amide bonds. The molecular weight excluding hydrogens is 534 g/mol. The largest absolute Gasteiger partial charge is 0.456 e. The lowest BCUT2D eigenvalue weighted by Crippen LogP contribution is -2.00. The van der Waals surface area contributed by atoms with Crippen molar-refractivity contribution < 1.29 is 4.42 Å². The van der Waals surface area contributed by atoms with Crippen LogP contribution in [0.15, 0.2) is 132 Å². The smallest absolute Gasteiger partial charge is 0.164 e. The molecule has 9 aromatic rings. The zero-order valence-electron chi connectivity index (χ0n) is 22.3. The Labute approximate surface area is 244 Å². The first-order chi connectivity index (χ1) is 20.8. The molecule has 5 heteroatoms. The van der Waals surface area contributed by atoms with Gasteiger partial charge in [0.2, 0.25) is 0 Å². The number of nitrogens with zero attached hydrogens (tertiary/aromatic N) is 3. The summed E-state index contributed by atoms with van der Waals surface area (Å²) < 4.78 is 8.77. The maximum absolute atomic E-state index is 6.21. The Morgan fingerprint density at radius 2 is 1.07 bits per heavy atom. The standard InChI is InChI=1S/C37H21N3OS/c1-2-10-22(11-3-1)35-38-36(23-18-19-26-25-13-6-8-16-31(25)41-32(26)20-23)40-37(39-35)30-21-29-27-14-7-9-17-33(27)42-34(29)28-15-5-4-12-24(28)30/h1-21H. The molecule has 3 aromatic heterocycles. The minimum atomic E-state index is 0.612. The number of hydrogen-bond acceptors (Lipinski definition) is 5. The molecule has 6 aromatic carbocycles. The van der Waals surface area contributed by atoms with Gasteiger partial charge in [-0.2, -0.15) is 0 Å². The fourth-order valence-electron chi connectivity index (χ4n) is 5.94. The van der Waals surface area contributed by atoms with E-state index >= 15 is 0 Å². The minimum Gasteiger partial charge on any atom is -0.456 e. The molecule has 0 spiro atoms. The van der Waals surface area contributed by atoms with Crippen LogP contribution in [0.25, 0.3) is 87.0 Å². The van der Waals surface area contributed by atoms with E-state index in [1.54, 1.807) is 0 Å². The minimum absolute atomic E-state index is 0.612. The third-order valence-electron chi connectivity index (χ3n) is 7.93. The van der Waals surface area contributed by atoms with E-state index in [0.29, 0.717) is 17.5 Å². The number of thiophene rings is 1. The van der Waals surface area contributed by atoms with Crippen LogP contribution in [-0.2, 0) is 0 Å². The SMILES string of the molecule is c1ccc(-c2nc(-c3ccc4c(c3)oc3ccccc34)nc(-c3cc4c5ccccc5sc4c4ccccc34)n2)cc1. The topological polar surface area (TPSA) is 51.8 Å². The van der Waals surface area contributed by atoms with E-state index in [1.165, 1.54) is 25.6 Å². The van der Waals surface area contributed by atoms with Crippen molar-refractivity contribution in [2.45, 2.75) is 0 Å². The Kier molecular flexibility index (Phi) is 5.03. The van der Waals surface area contributed by atoms with Crippen molar-refractivity contribution in [2.24, 2.45) is 0 Å². The van der Waals surface area contributed by atoms with E-state index in [0.717, 1.165) is 44.0 Å². The summed E-state index contributed by atoms with van der Waals surface area (Å²) in [5, 5.41) is 6.98. The molecule has 0 bridgehead atoms. The van der Waals surface area contributed by atoms with Crippen LogP contribution >= 0.6 is 11.3 Å². The molecule has 0 aliphatic carbocycles. The molecule has 0 fully saturated rings. The lowest BCUT2D eigenvalue weighted by Gasteiger charge is -2.11. The van der Waals surface area contributed by atoms with Gasteiger partial charge >= 0.3 is 0 Å². The average Bonchev–Trinajstić information content (AvgIpc) is 3.63. The molecule has 0 radical (unpaired) electrons. The van der Waals surface area contributed by atoms with Gasteiger partial charge in [0.15, 0.2) is 17.5 Å². The number of furan rings is 1. The van der Waals surface area contributed by atoms with Crippen molar-refractivity contribution in [2.75, 3.05) is 0 Å². The first-order valence-corrected chi connectivity index (χ1v) is 14.7. The van der Waals surface area contributed by atoms with E-state index in [-0.39, 0.29) is 0 Å². The normalized spacial score (nSPS) is 11.8. The van der Waals surface area contributed by atoms with Crippen molar-refractivity contribution in [1.29, 1.82) is 0 Å². The van der Waals surface area contributed by atoms with Gasteiger partial charge in [-0.3, -0.25) is 0 Å². The second kappa shape index (κ2) is 9.06. The molecule has 0 aliphatic rings. The van der Waals surface area contributed by atoms with E-state index < -0.39 is 0 Å². The van der Waals surface area contributed by atoms with E-state index in [4.69, 9.17) is 19.4 Å². The Hall–Kier alpha value is -5.39. The molecular formula is C37H21N3OS. The van der Waals surface area contributed by atoms with Crippen molar-refractivity contribution in [3.63, 3.8) is 0 Å². The van der Waals surface area contributed by atoms with Crippen molar-refractivity contribution in [3.05, 3.63) is 127 Å². The van der Waals surface area contributed by atoms with Crippen molar-refractivity contribution in [1.82, 2.24) is 15.0 Å². The number of para-hydroxylation sites is 1. The van der Waals surface area contributed by atoms with Gasteiger partial charge in [-0.25, -0.2) is 15.0 Å². The molecule has 0 atom stereocenters. The van der Waals surface area contributed by atoms with Gasteiger partial charge < -0.3 is 4.42 Å². The van der Waals surface area contributed by atoms with Crippen LogP contribution < -0.4 is 0 Å². The summed E-state index contributed by atoms with van der Waals surface area (Å²) in [7, 11) is 0. The average molecular weight is 556 g/mol. The van der Waals surface area contributed by atoms with E-state index in [1.807, 2.05) is 65.9 Å². The first kappa shape index (κ1) is 23.3. The lowest BCUT2D eigenvalue weighted by atomic mass is 10.00. The lowest BCUT2D eigenvalue weighted by molar-refractivity contribution is 0.669. The van der Waals surface area contributed by atoms with E-state index in [9.17, 15) is 0 Å². The van der Waals surface area contributed by atoms with Gasteiger partial charge in [-0.05, 0) is 35.7 Å². The summed E-state index contributed by atoms with van der Waals surface area (Å²) in [5.74, 6) is 1.90. The van der Waals surface area contributed by atoms with Crippen molar-refractivity contribution >= 4 is 64.2 Å². The second-order valence-corrected chi connectivity index (χ2v) is 11.5. The summed E-state index contributed by atoms with van der Waals surface area (Å²) in [6, 6.07) is 43.8. The summed E-state index contributed by atoms with van der Waals surface area (Å²) in [6.45, 7) is 0. The molecule has 0 aliphatic heterocycles. The van der Waals surface area contributed by atoms with Crippen LogP contribution in [0.1, 0.15) is 0 Å². The van der Waals surface area contributed by atoms with Gasteiger partial charge in [0.25, 0.3) is 0 Å². The monoisotopic (exact) mass is 555 g/mol. The van der Waals surface area contributed by atoms with Crippen LogP contribution in [0, 0.1) is 0 Å². The molecule has 0 saturated carbocycles. The zero-order chi connectivity index (χ0) is 27.6. The quantitative estimate of drug-likeness (QED) is 0.218. The second-order valence-electron chi connectivity index (χ2n) is 10.4. The summed E-state index contributed by atoms with van der Waals surface area (Å²) in [4.78, 5) is 15.2. The number of hydrogen-bond donors (Lipinski definition) is 0. The van der Waals surface area contributed by atoms with Crippen LogP contribution in [0.2, 0.25) is 0 Å². The third-order valence-corrected chi connectivity index (χ3v) is 9.15. The predicted molar refractivity (Wildman–Crippen MR) is 174 cm³/mol. The van der Waals surface area contributed by atoms with Gasteiger partial charge in [0.1, 0.15) is 11.2 Å². The molecule has 0 saturated heterocycles. The predicted octanol–water partition coefficient (Wildman–Crippen LogP) is 10.3. The highest BCUT2D eigenvalue weighted by Gasteiger charge is 2.18. The molecule has 0 unspecified atom stereocenters. The van der Waals surface area contributed by atoms with E-state index in [2.05, 4.69) is 72.8 Å². The number of benzene rings is 6. The number of aromatic nitrogens is 3. The van der Waals surface area contributed by atoms with Gasteiger partial charge in [0, 0.05) is 53.0 Å². The van der Waals surface area contributed by atoms with Crippen LogP contribution in [0.3, 0.4) is 0 Å². The Bertz CT molecular complexity index is 2480. The van der Waals surface area contributed by atoms with Crippen LogP contribution in [0.4, 0.5) is 0 Å². The maximum Gasteiger partial charge on any atom is 0.164 e. The van der Waals surface area contributed by atoms with Gasteiger partial charge in [-0.15, -0.1) is 11.3 Å². The zero-order valence-corrected chi connectivity index (χ0v) is 23.1. The Balaban J connectivity index is 1.33. The molecule has 9 rings (SSSR count). The Morgan fingerprint density at radius 1 is 0.429 bits per heavy atom. The number of rotatable bonds is 3. The molecule has 3 heterocycles. The highest BCUT2D eigenvalue weighted by Crippen LogP contribution is 2.42. The molecule has 42 heavy (non-hydrogen) atoms. The van der Waals surface area contributed by atoms with Crippen LogP contribution in [-0.4, -0.2) is 15.0 Å². The summed E-state index contributed by atoms with van der Waals surface area (Å²) in [6.07, 6.45) is 0. The summed E-state index contributed by atoms with van der Waals surface area (Å²) >= 11 is 1.83. The first-order valence-electron chi connectivity index (χ1n) is 13.9. The van der Waals surface area contributed by atoms with Gasteiger partial charge in [0.05, 0.1) is 0 Å². The maximum atomic E-state index is 6.21. The fraction of sp³-hybridized carbons (Fsp3) is 0. The van der Waals surface area contributed by atoms with Crippen molar-refractivity contribution in [3.8, 4) is 34.2 Å². The molecule has 4 nitrogen and oxygen atoms in total. The number of fused-ring (bicyclic) bond motifs is 8. The fourth-order valence-corrected chi connectivity index (χ4v) is 7.16. The highest BCUT2D eigenvalue weighted by molar-refractivity contribution is 7.26. The van der Waals surface area contributed by atoms with Gasteiger partial charge in [-0.1, -0.05) is 97.1 Å². The summed E-state index contributed by atoms with van der Waals surface area (Å²) in [5.41, 5.74) is 4.50. The third kappa shape index (κ3) is 3.57. The molecule has 0 N–H and O–H groups in total.